The number of anilines is 2. The van der Waals surface area contributed by atoms with E-state index in [0.717, 1.165) is 53.3 Å². The number of carbonyl (C=O) groups excluding carboxylic acids is 2. The Morgan fingerprint density at radius 3 is 2.66 bits per heavy atom. The summed E-state index contributed by atoms with van der Waals surface area (Å²) in [6.45, 7) is 12.2. The first-order chi connectivity index (χ1) is 21.0. The number of pyridine rings is 2. The lowest BCUT2D eigenvalue weighted by Crippen LogP contribution is -2.38. The molecular formula is C32H42N8O3Si. The zero-order chi connectivity index (χ0) is 31.0. The number of aryl methyl sites for hydroxylation is 2. The highest BCUT2D eigenvalue weighted by molar-refractivity contribution is 6.76. The summed E-state index contributed by atoms with van der Waals surface area (Å²) in [5.74, 6) is 1.27. The molecule has 5 heterocycles. The van der Waals surface area contributed by atoms with Gasteiger partial charge in [-0.2, -0.15) is 5.10 Å². The second kappa shape index (κ2) is 12.3. The normalized spacial score (nSPS) is 18.3. The van der Waals surface area contributed by atoms with Gasteiger partial charge in [0.2, 0.25) is 5.91 Å². The van der Waals surface area contributed by atoms with Crippen LogP contribution < -0.4 is 10.6 Å². The number of aromatic nitrogens is 5. The highest BCUT2D eigenvalue weighted by atomic mass is 28.3. The van der Waals surface area contributed by atoms with E-state index in [-0.39, 0.29) is 11.8 Å². The number of amides is 2. The van der Waals surface area contributed by atoms with E-state index in [1.54, 1.807) is 23.1 Å². The van der Waals surface area contributed by atoms with Crippen molar-refractivity contribution in [3.8, 4) is 11.3 Å². The number of fused-ring (bicyclic) bond motifs is 2. The lowest BCUT2D eigenvalue weighted by Gasteiger charge is -2.25. The molecule has 2 fully saturated rings. The molecule has 1 saturated heterocycles. The fraction of sp³-hybridized carbons (Fsp3) is 0.469. The van der Waals surface area contributed by atoms with Crippen LogP contribution in [0.5, 0.6) is 0 Å². The van der Waals surface area contributed by atoms with Crippen molar-refractivity contribution in [2.24, 2.45) is 18.9 Å². The van der Waals surface area contributed by atoms with Crippen LogP contribution in [0.15, 0.2) is 43.0 Å². The molecule has 2 amide bonds. The maximum atomic E-state index is 13.4. The Morgan fingerprint density at radius 1 is 1.07 bits per heavy atom. The summed E-state index contributed by atoms with van der Waals surface area (Å²) in [6.07, 6.45) is 9.46. The topological polar surface area (TPSA) is 119 Å². The predicted molar refractivity (Wildman–Crippen MR) is 174 cm³/mol. The van der Waals surface area contributed by atoms with Crippen molar-refractivity contribution in [2.45, 2.75) is 52.2 Å². The molecule has 1 aliphatic carbocycles. The number of ether oxygens (including phenoxy) is 1. The van der Waals surface area contributed by atoms with Gasteiger partial charge in [-0.15, -0.1) is 0 Å². The van der Waals surface area contributed by atoms with Gasteiger partial charge in [-0.05, 0) is 62.4 Å². The summed E-state index contributed by atoms with van der Waals surface area (Å²) in [5.41, 5.74) is 4.78. The third-order valence-electron chi connectivity index (χ3n) is 8.58. The summed E-state index contributed by atoms with van der Waals surface area (Å²) >= 11 is 0. The molecule has 11 nitrogen and oxygen atoms in total. The Kier molecular flexibility index (Phi) is 8.40. The molecule has 44 heavy (non-hydrogen) atoms. The van der Waals surface area contributed by atoms with E-state index < -0.39 is 8.07 Å². The molecule has 12 heteroatoms. The molecule has 1 aliphatic heterocycles. The smallest absolute Gasteiger partial charge is 0.257 e. The Bertz CT molecular complexity index is 1690. The van der Waals surface area contributed by atoms with Crippen LogP contribution in [0.25, 0.3) is 22.3 Å². The quantitative estimate of drug-likeness (QED) is 0.181. The molecule has 2 unspecified atom stereocenters. The zero-order valence-corrected chi connectivity index (χ0v) is 27.3. The summed E-state index contributed by atoms with van der Waals surface area (Å²) in [4.78, 5) is 37.5. The van der Waals surface area contributed by atoms with Gasteiger partial charge in [0.05, 0.1) is 47.3 Å². The van der Waals surface area contributed by atoms with E-state index in [9.17, 15) is 9.59 Å². The molecule has 2 atom stereocenters. The average molecular weight is 615 g/mol. The van der Waals surface area contributed by atoms with Gasteiger partial charge in [-0.25, -0.2) is 4.98 Å². The van der Waals surface area contributed by atoms with Gasteiger partial charge < -0.3 is 19.9 Å². The van der Waals surface area contributed by atoms with E-state index in [0.29, 0.717) is 42.5 Å². The fourth-order valence-electron chi connectivity index (χ4n) is 5.86. The number of hydrogen-bond acceptors (Lipinski definition) is 7. The van der Waals surface area contributed by atoms with Crippen LogP contribution in [-0.2, 0) is 23.3 Å². The molecule has 0 spiro atoms. The molecule has 232 valence electrons. The number of hydrogen-bond donors (Lipinski definition) is 2. The fourth-order valence-corrected chi connectivity index (χ4v) is 6.61. The van der Waals surface area contributed by atoms with Crippen molar-refractivity contribution >= 4 is 42.3 Å². The molecule has 0 aromatic carbocycles. The van der Waals surface area contributed by atoms with Crippen LogP contribution in [-0.4, -0.2) is 75.3 Å². The van der Waals surface area contributed by atoms with E-state index >= 15 is 0 Å². The SMILES string of the molecule is Cc1ncc(NC(=O)CN2CCC3CC3C2)cc1NC(=O)c1cnc2c(c1)cc(-c1cnn(C)c1)n2COCC[Si](C)(C)C. The van der Waals surface area contributed by atoms with Crippen molar-refractivity contribution in [1.29, 1.82) is 0 Å². The van der Waals surface area contributed by atoms with E-state index in [4.69, 9.17) is 9.72 Å². The highest BCUT2D eigenvalue weighted by Gasteiger charge is 2.41. The maximum absolute atomic E-state index is 13.4. The second-order valence-corrected chi connectivity index (χ2v) is 19.1. The van der Waals surface area contributed by atoms with Crippen LogP contribution in [0.4, 0.5) is 11.4 Å². The monoisotopic (exact) mass is 614 g/mol. The van der Waals surface area contributed by atoms with Gasteiger partial charge >= 0.3 is 0 Å². The number of carbonyl (C=O) groups is 2. The van der Waals surface area contributed by atoms with Crippen molar-refractivity contribution in [1.82, 2.24) is 29.2 Å². The largest absolute Gasteiger partial charge is 0.361 e. The van der Waals surface area contributed by atoms with Gasteiger partial charge in [0.1, 0.15) is 12.4 Å². The molecule has 2 N–H and O–H groups in total. The first-order valence-corrected chi connectivity index (χ1v) is 19.1. The Hall–Kier alpha value is -3.87. The van der Waals surface area contributed by atoms with Crippen molar-refractivity contribution < 1.29 is 14.3 Å². The third-order valence-corrected chi connectivity index (χ3v) is 10.3. The van der Waals surface area contributed by atoms with Gasteiger partial charge in [0.25, 0.3) is 5.91 Å². The van der Waals surface area contributed by atoms with E-state index in [1.165, 1.54) is 12.8 Å². The number of nitrogens with one attached hydrogen (secondary N) is 2. The van der Waals surface area contributed by atoms with Crippen molar-refractivity contribution in [3.05, 3.63) is 54.2 Å². The molecular weight excluding hydrogens is 572 g/mol. The number of rotatable bonds is 11. The molecule has 4 aromatic rings. The van der Waals surface area contributed by atoms with Crippen LogP contribution in [0.1, 0.15) is 28.9 Å². The van der Waals surface area contributed by atoms with Crippen LogP contribution in [0, 0.1) is 18.8 Å². The van der Waals surface area contributed by atoms with Gasteiger partial charge in [0.15, 0.2) is 0 Å². The Labute approximate surface area is 259 Å². The molecule has 4 aromatic heterocycles. The summed E-state index contributed by atoms with van der Waals surface area (Å²) in [7, 11) is 0.664. The minimum Gasteiger partial charge on any atom is -0.361 e. The van der Waals surface area contributed by atoms with Crippen LogP contribution in [0.2, 0.25) is 25.7 Å². The van der Waals surface area contributed by atoms with Crippen molar-refractivity contribution in [3.63, 3.8) is 0 Å². The molecule has 0 radical (unpaired) electrons. The van der Waals surface area contributed by atoms with Crippen LogP contribution in [0.3, 0.4) is 0 Å². The van der Waals surface area contributed by atoms with E-state index in [2.05, 4.69) is 45.3 Å². The van der Waals surface area contributed by atoms with E-state index in [1.807, 2.05) is 43.1 Å². The summed E-state index contributed by atoms with van der Waals surface area (Å²) in [6, 6.07) is 6.69. The van der Waals surface area contributed by atoms with Crippen LogP contribution >= 0.6 is 0 Å². The molecule has 1 saturated carbocycles. The molecule has 0 bridgehead atoms. The predicted octanol–water partition coefficient (Wildman–Crippen LogP) is 4.99. The number of piperidine rings is 1. The minimum atomic E-state index is -1.22. The van der Waals surface area contributed by atoms with Gasteiger partial charge in [-0.1, -0.05) is 19.6 Å². The molecule has 6 rings (SSSR count). The Balaban J connectivity index is 1.16. The lowest BCUT2D eigenvalue weighted by molar-refractivity contribution is -0.117. The molecule has 2 aliphatic rings. The maximum Gasteiger partial charge on any atom is 0.257 e. The standard InChI is InChI=1S/C32H42N8O3Si/c1-21-28(13-27(16-33-21)36-30(41)19-39-7-6-22-10-25(22)18-39)37-32(42)24-11-23-12-29(26-15-35-38(2)17-26)40(31(23)34-14-24)20-43-8-9-44(3,4)5/h11-17,22,25H,6-10,18-20H2,1-5H3,(H,36,41)(H,37,42). The van der Waals surface area contributed by atoms with Gasteiger partial charge in [0, 0.05) is 51.6 Å². The Morgan fingerprint density at radius 2 is 1.91 bits per heavy atom. The number of likely N-dealkylation sites (tertiary alicyclic amines) is 1. The first kappa shape index (κ1) is 30.2. The zero-order valence-electron chi connectivity index (χ0n) is 26.3. The lowest BCUT2D eigenvalue weighted by atomic mass is 10.1. The number of nitrogens with zero attached hydrogens (tertiary/aromatic N) is 6. The first-order valence-electron chi connectivity index (χ1n) is 15.4. The summed E-state index contributed by atoms with van der Waals surface area (Å²) < 4.78 is 9.90. The second-order valence-electron chi connectivity index (χ2n) is 13.5. The minimum absolute atomic E-state index is 0.0694. The highest BCUT2D eigenvalue weighted by Crippen LogP contribution is 2.44. The summed E-state index contributed by atoms with van der Waals surface area (Å²) in [5, 5.41) is 11.1. The van der Waals surface area contributed by atoms with Crippen molar-refractivity contribution in [2.75, 3.05) is 36.9 Å². The average Bonchev–Trinajstić information content (AvgIpc) is 3.46. The van der Waals surface area contributed by atoms with Gasteiger partial charge in [-0.3, -0.25) is 24.2 Å². The third kappa shape index (κ3) is 7.08.